The second-order valence-electron chi connectivity index (χ2n) is 5.22. The largest absolute Gasteiger partial charge is 0.495 e. The molecule has 2 aromatic carbocycles. The molecule has 130 valence electrons. The predicted octanol–water partition coefficient (Wildman–Crippen LogP) is 3.12. The summed E-state index contributed by atoms with van der Waals surface area (Å²) < 4.78 is 5.22. The first-order chi connectivity index (χ1) is 12.0. The van der Waals surface area contributed by atoms with Crippen molar-refractivity contribution in [3.8, 4) is 5.75 Å². The molecule has 1 N–H and O–H groups in total. The van der Waals surface area contributed by atoms with Crippen LogP contribution in [0.3, 0.4) is 0 Å². The van der Waals surface area contributed by atoms with E-state index >= 15 is 0 Å². The fourth-order valence-electron chi connectivity index (χ4n) is 2.20. The zero-order valence-electron chi connectivity index (χ0n) is 13.4. The number of hydrogen-bond donors (Lipinski definition) is 1. The number of carbonyl (C=O) groups excluding carboxylic acids is 1. The van der Waals surface area contributed by atoms with Gasteiger partial charge in [0.05, 0.1) is 12.8 Å². The molecule has 7 nitrogen and oxygen atoms in total. The average Bonchev–Trinajstić information content (AvgIpc) is 2.98. The number of nitrogens with zero attached hydrogens (tertiary/aromatic N) is 3. The molecule has 0 radical (unpaired) electrons. The topological polar surface area (TPSA) is 78.3 Å². The molecule has 0 unspecified atom stereocenters. The fraction of sp³-hybridized carbons (Fsp3) is 0.188. The Morgan fingerprint density at radius 3 is 2.84 bits per heavy atom. The number of rotatable bonds is 5. The summed E-state index contributed by atoms with van der Waals surface area (Å²) in [4.78, 5) is 18.7. The molecule has 1 heterocycles. The van der Waals surface area contributed by atoms with Gasteiger partial charge >= 0.3 is 0 Å². The van der Waals surface area contributed by atoms with Crippen molar-refractivity contribution in [1.29, 1.82) is 0 Å². The number of aromatic nitrogens is 3. The predicted molar refractivity (Wildman–Crippen MR) is 95.4 cm³/mol. The van der Waals surface area contributed by atoms with Crippen molar-refractivity contribution in [2.24, 2.45) is 0 Å². The lowest BCUT2D eigenvalue weighted by molar-refractivity contribution is -0.121. The summed E-state index contributed by atoms with van der Waals surface area (Å²) in [6.45, 7) is 1.56. The van der Waals surface area contributed by atoms with Gasteiger partial charge in [0.25, 0.3) is 5.91 Å². The Morgan fingerprint density at radius 2 is 2.08 bits per heavy atom. The van der Waals surface area contributed by atoms with Crippen molar-refractivity contribution in [2.45, 2.75) is 6.92 Å². The molecule has 0 spiro atoms. The Bertz CT molecular complexity index is 943. The minimum Gasteiger partial charge on any atom is -0.495 e. The number of benzene rings is 2. The molecule has 3 aromatic rings. The van der Waals surface area contributed by atoms with E-state index in [4.69, 9.17) is 32.8 Å². The Balaban J connectivity index is 1.71. The van der Waals surface area contributed by atoms with Crippen molar-refractivity contribution in [3.05, 3.63) is 45.9 Å². The zero-order valence-corrected chi connectivity index (χ0v) is 14.9. The van der Waals surface area contributed by atoms with Gasteiger partial charge in [0, 0.05) is 16.1 Å². The Kier molecular flexibility index (Phi) is 4.96. The summed E-state index contributed by atoms with van der Waals surface area (Å²) in [5, 5.41) is 11.6. The van der Waals surface area contributed by atoms with Gasteiger partial charge in [-0.1, -0.05) is 28.0 Å². The third-order valence-corrected chi connectivity index (χ3v) is 4.09. The van der Waals surface area contributed by atoms with Crippen LogP contribution in [0.4, 0.5) is 5.69 Å². The number of methoxy groups -OCH3 is 1. The van der Waals surface area contributed by atoms with Crippen LogP contribution in [-0.2, 0) is 4.79 Å². The maximum atomic E-state index is 12.2. The summed E-state index contributed by atoms with van der Waals surface area (Å²) in [5.41, 5.74) is 2.50. The highest BCUT2D eigenvalue weighted by Gasteiger charge is 2.12. The van der Waals surface area contributed by atoms with Crippen LogP contribution in [0.1, 0.15) is 5.56 Å². The summed E-state index contributed by atoms with van der Waals surface area (Å²) in [6.07, 6.45) is 0. The third kappa shape index (κ3) is 3.78. The van der Waals surface area contributed by atoms with E-state index in [1.165, 1.54) is 7.11 Å². The van der Waals surface area contributed by atoms with Gasteiger partial charge in [-0.25, -0.2) is 0 Å². The first-order valence-corrected chi connectivity index (χ1v) is 8.02. The molecule has 3 rings (SSSR count). The van der Waals surface area contributed by atoms with Crippen LogP contribution in [0.5, 0.6) is 5.75 Å². The molecule has 0 aliphatic heterocycles. The number of carbonyl (C=O) groups is 1. The van der Waals surface area contributed by atoms with Crippen LogP contribution in [0, 0.1) is 6.92 Å². The van der Waals surface area contributed by atoms with Gasteiger partial charge < -0.3 is 14.9 Å². The van der Waals surface area contributed by atoms with E-state index in [9.17, 15) is 4.79 Å². The zero-order chi connectivity index (χ0) is 18.0. The summed E-state index contributed by atoms with van der Waals surface area (Å²) in [7, 11) is 1.50. The second-order valence-corrected chi connectivity index (χ2v) is 6.06. The monoisotopic (exact) mass is 380 g/mol. The quantitative estimate of drug-likeness (QED) is 0.735. The Morgan fingerprint density at radius 1 is 1.28 bits per heavy atom. The highest BCUT2D eigenvalue weighted by atomic mass is 35.5. The Labute approximate surface area is 153 Å². The second kappa shape index (κ2) is 7.16. The van der Waals surface area contributed by atoms with Crippen molar-refractivity contribution in [2.75, 3.05) is 19.0 Å². The highest BCUT2D eigenvalue weighted by Crippen LogP contribution is 2.30. The van der Waals surface area contributed by atoms with Gasteiger partial charge in [-0.3, -0.25) is 4.79 Å². The lowest BCUT2D eigenvalue weighted by atomic mass is 10.2. The first kappa shape index (κ1) is 17.3. The number of amides is 1. The lowest BCUT2D eigenvalue weighted by Crippen LogP contribution is -2.26. The van der Waals surface area contributed by atoms with Gasteiger partial charge in [-0.05, 0) is 42.0 Å². The standard InChI is InChI=1S/C16H14Cl2N4O3/c1-9-5-13(15(24-2)7-11(9)18)19-16(23)8-25-22-14-6-10(17)3-4-12(14)20-21-22/h3-7H,8H2,1-2H3,(H,19,23). The normalized spacial score (nSPS) is 10.7. The van der Waals surface area contributed by atoms with Gasteiger partial charge in [-0.15, -0.1) is 5.10 Å². The number of anilines is 1. The summed E-state index contributed by atoms with van der Waals surface area (Å²) in [6, 6.07) is 8.43. The molecule has 0 fully saturated rings. The lowest BCUT2D eigenvalue weighted by Gasteiger charge is -2.12. The highest BCUT2D eigenvalue weighted by molar-refractivity contribution is 6.31. The number of ether oxygens (including phenoxy) is 1. The molecule has 0 atom stereocenters. The van der Waals surface area contributed by atoms with Crippen molar-refractivity contribution in [3.63, 3.8) is 0 Å². The fourth-order valence-corrected chi connectivity index (χ4v) is 2.52. The van der Waals surface area contributed by atoms with Crippen LogP contribution >= 0.6 is 23.2 Å². The van der Waals surface area contributed by atoms with Gasteiger partial charge in [0.1, 0.15) is 16.8 Å². The van der Waals surface area contributed by atoms with Crippen LogP contribution in [0.25, 0.3) is 11.0 Å². The summed E-state index contributed by atoms with van der Waals surface area (Å²) >= 11 is 12.0. The van der Waals surface area contributed by atoms with E-state index in [1.807, 2.05) is 6.92 Å². The van der Waals surface area contributed by atoms with E-state index < -0.39 is 0 Å². The van der Waals surface area contributed by atoms with E-state index in [0.717, 1.165) is 10.4 Å². The number of fused-ring (bicyclic) bond motifs is 1. The molecule has 0 saturated heterocycles. The molecule has 1 aromatic heterocycles. The SMILES string of the molecule is COc1cc(Cl)c(C)cc1NC(=O)COn1nnc2ccc(Cl)cc21. The molecular formula is C16H14Cl2N4O3. The van der Waals surface area contributed by atoms with Crippen LogP contribution in [0.2, 0.25) is 10.0 Å². The van der Waals surface area contributed by atoms with Crippen molar-refractivity contribution in [1.82, 2.24) is 15.2 Å². The molecule has 0 saturated carbocycles. The van der Waals surface area contributed by atoms with Crippen LogP contribution in [0.15, 0.2) is 30.3 Å². The summed E-state index contributed by atoms with van der Waals surface area (Å²) in [5.74, 6) is 0.0765. The van der Waals surface area contributed by atoms with E-state index in [0.29, 0.717) is 32.5 Å². The smallest absolute Gasteiger partial charge is 0.265 e. The molecule has 25 heavy (non-hydrogen) atoms. The van der Waals surface area contributed by atoms with E-state index in [1.54, 1.807) is 30.3 Å². The molecule has 0 aliphatic carbocycles. The number of aryl methyl sites for hydroxylation is 1. The average molecular weight is 381 g/mol. The van der Waals surface area contributed by atoms with Crippen molar-refractivity contribution < 1.29 is 14.4 Å². The van der Waals surface area contributed by atoms with E-state index in [2.05, 4.69) is 15.6 Å². The van der Waals surface area contributed by atoms with E-state index in [-0.39, 0.29) is 12.5 Å². The van der Waals surface area contributed by atoms with Crippen LogP contribution in [-0.4, -0.2) is 34.8 Å². The maximum Gasteiger partial charge on any atom is 0.265 e. The minimum atomic E-state index is -0.384. The first-order valence-electron chi connectivity index (χ1n) is 7.26. The van der Waals surface area contributed by atoms with Gasteiger partial charge in [-0.2, -0.15) is 0 Å². The van der Waals surface area contributed by atoms with Gasteiger partial charge in [0.15, 0.2) is 6.61 Å². The van der Waals surface area contributed by atoms with Crippen molar-refractivity contribution >= 4 is 45.8 Å². The Hall–Kier alpha value is -2.51. The maximum absolute atomic E-state index is 12.2. The molecule has 0 aliphatic rings. The number of halogens is 2. The van der Waals surface area contributed by atoms with Gasteiger partial charge in [0.2, 0.25) is 0 Å². The van der Waals surface area contributed by atoms with Crippen LogP contribution < -0.4 is 14.9 Å². The molecular weight excluding hydrogens is 367 g/mol. The minimum absolute atomic E-state index is 0.268. The molecule has 1 amide bonds. The third-order valence-electron chi connectivity index (χ3n) is 3.45. The number of hydrogen-bond acceptors (Lipinski definition) is 5. The molecule has 9 heteroatoms. The number of nitrogens with one attached hydrogen (secondary N) is 1. The molecule has 0 bridgehead atoms.